The molecule has 1 aromatic carbocycles. The number of rotatable bonds is 5. The van der Waals surface area contributed by atoms with Crippen molar-refractivity contribution in [1.82, 2.24) is 24.0 Å². The Morgan fingerprint density at radius 3 is 2.54 bits per heavy atom. The highest BCUT2D eigenvalue weighted by Crippen LogP contribution is 2.12. The number of nitrogens with one attached hydrogen (secondary N) is 1. The number of aromatic nitrogens is 4. The fraction of sp³-hybridized carbons (Fsp3) is 0.333. The number of aryl methyl sites for hydroxylation is 2. The fourth-order valence-corrected chi connectivity index (χ4v) is 2.93. The normalized spacial score (nSPS) is 12.3. The van der Waals surface area contributed by atoms with Crippen molar-refractivity contribution in [2.45, 2.75) is 25.9 Å². The number of amides is 1. The number of hydrogen-bond acceptors (Lipinski definition) is 4. The van der Waals surface area contributed by atoms with Gasteiger partial charge in [0.05, 0.1) is 12.4 Å². The minimum absolute atomic E-state index is 0.100. The third-order valence-corrected chi connectivity index (χ3v) is 4.47. The molecule has 3 aromatic rings. The minimum Gasteiger partial charge on any atom is -0.350 e. The van der Waals surface area contributed by atoms with E-state index >= 15 is 0 Å². The van der Waals surface area contributed by atoms with Gasteiger partial charge in [0.15, 0.2) is 11.2 Å². The molecular formula is C18H21N5O3. The number of carbonyl (C=O) groups is 1. The third kappa shape index (κ3) is 3.17. The van der Waals surface area contributed by atoms with Crippen LogP contribution in [-0.4, -0.2) is 24.6 Å². The van der Waals surface area contributed by atoms with E-state index in [1.54, 1.807) is 11.6 Å². The SMILES string of the molecule is CC(NC(=O)CCn1cnc2c1c(=O)n(C)c(=O)n2C)c1ccccc1. The second-order valence-corrected chi connectivity index (χ2v) is 6.27. The zero-order chi connectivity index (χ0) is 18.8. The van der Waals surface area contributed by atoms with Crippen LogP contribution in [0.25, 0.3) is 11.2 Å². The molecule has 0 aliphatic rings. The highest BCUT2D eigenvalue weighted by atomic mass is 16.2. The average molecular weight is 355 g/mol. The van der Waals surface area contributed by atoms with Gasteiger partial charge in [0, 0.05) is 27.1 Å². The summed E-state index contributed by atoms with van der Waals surface area (Å²) in [5, 5.41) is 2.94. The van der Waals surface area contributed by atoms with Crippen molar-refractivity contribution >= 4 is 17.1 Å². The van der Waals surface area contributed by atoms with Crippen LogP contribution in [0.2, 0.25) is 0 Å². The van der Waals surface area contributed by atoms with Crippen LogP contribution < -0.4 is 16.6 Å². The lowest BCUT2D eigenvalue weighted by Gasteiger charge is -2.14. The first-order chi connectivity index (χ1) is 12.4. The predicted octanol–water partition coefficient (Wildman–Crippen LogP) is 0.701. The predicted molar refractivity (Wildman–Crippen MR) is 97.8 cm³/mol. The van der Waals surface area contributed by atoms with E-state index in [9.17, 15) is 14.4 Å². The maximum atomic E-state index is 12.4. The third-order valence-electron chi connectivity index (χ3n) is 4.47. The summed E-state index contributed by atoms with van der Waals surface area (Å²) in [6.45, 7) is 2.22. The summed E-state index contributed by atoms with van der Waals surface area (Å²) in [4.78, 5) is 40.7. The number of fused-ring (bicyclic) bond motifs is 1. The zero-order valence-corrected chi connectivity index (χ0v) is 15.0. The highest BCUT2D eigenvalue weighted by molar-refractivity contribution is 5.77. The molecule has 1 atom stereocenters. The quantitative estimate of drug-likeness (QED) is 0.729. The number of nitrogens with zero attached hydrogens (tertiary/aromatic N) is 4. The van der Waals surface area contributed by atoms with Crippen molar-refractivity contribution in [3.05, 3.63) is 63.1 Å². The molecular weight excluding hydrogens is 334 g/mol. The standard InChI is InChI=1S/C18H21N5O3/c1-12(13-7-5-4-6-8-13)20-14(24)9-10-23-11-19-16-15(23)17(25)22(3)18(26)21(16)2/h4-8,11-12H,9-10H2,1-3H3,(H,20,24). The van der Waals surface area contributed by atoms with Crippen LogP contribution in [0.4, 0.5) is 0 Å². The van der Waals surface area contributed by atoms with Gasteiger partial charge in [0.2, 0.25) is 5.91 Å². The van der Waals surface area contributed by atoms with Crippen LogP contribution in [0, 0.1) is 0 Å². The maximum Gasteiger partial charge on any atom is 0.332 e. The Balaban J connectivity index is 1.75. The van der Waals surface area contributed by atoms with Gasteiger partial charge in [0.25, 0.3) is 5.56 Å². The van der Waals surface area contributed by atoms with Gasteiger partial charge in [-0.2, -0.15) is 0 Å². The first kappa shape index (κ1) is 17.7. The smallest absolute Gasteiger partial charge is 0.332 e. The molecule has 0 bridgehead atoms. The summed E-state index contributed by atoms with van der Waals surface area (Å²) in [7, 11) is 2.99. The lowest BCUT2D eigenvalue weighted by atomic mass is 10.1. The second-order valence-electron chi connectivity index (χ2n) is 6.27. The molecule has 2 heterocycles. The first-order valence-corrected chi connectivity index (χ1v) is 8.35. The van der Waals surface area contributed by atoms with E-state index in [2.05, 4.69) is 10.3 Å². The molecule has 1 N–H and O–H groups in total. The molecule has 0 radical (unpaired) electrons. The molecule has 0 fully saturated rings. The molecule has 0 aliphatic heterocycles. The van der Waals surface area contributed by atoms with E-state index in [0.29, 0.717) is 17.7 Å². The molecule has 2 aromatic heterocycles. The Bertz CT molecular complexity index is 1060. The van der Waals surface area contributed by atoms with Crippen LogP contribution in [0.1, 0.15) is 24.9 Å². The summed E-state index contributed by atoms with van der Waals surface area (Å²) in [5.41, 5.74) is 0.813. The Morgan fingerprint density at radius 2 is 1.85 bits per heavy atom. The van der Waals surface area contributed by atoms with Gasteiger partial charge in [-0.1, -0.05) is 30.3 Å². The summed E-state index contributed by atoms with van der Waals surface area (Å²) < 4.78 is 3.98. The van der Waals surface area contributed by atoms with E-state index in [-0.39, 0.29) is 18.4 Å². The van der Waals surface area contributed by atoms with Gasteiger partial charge in [-0.15, -0.1) is 0 Å². The highest BCUT2D eigenvalue weighted by Gasteiger charge is 2.15. The van der Waals surface area contributed by atoms with Crippen molar-refractivity contribution < 1.29 is 4.79 Å². The second kappa shape index (κ2) is 6.99. The average Bonchev–Trinajstić information content (AvgIpc) is 3.07. The van der Waals surface area contributed by atoms with Crippen molar-refractivity contribution in [3.63, 3.8) is 0 Å². The van der Waals surface area contributed by atoms with Crippen molar-refractivity contribution in [2.24, 2.45) is 14.1 Å². The maximum absolute atomic E-state index is 12.4. The topological polar surface area (TPSA) is 90.9 Å². The van der Waals surface area contributed by atoms with Crippen molar-refractivity contribution in [1.29, 1.82) is 0 Å². The van der Waals surface area contributed by atoms with E-state index in [4.69, 9.17) is 0 Å². The van der Waals surface area contributed by atoms with Gasteiger partial charge < -0.3 is 9.88 Å². The molecule has 26 heavy (non-hydrogen) atoms. The minimum atomic E-state index is -0.429. The van der Waals surface area contributed by atoms with Crippen molar-refractivity contribution in [3.8, 4) is 0 Å². The zero-order valence-electron chi connectivity index (χ0n) is 15.0. The summed E-state index contributed by atoms with van der Waals surface area (Å²) in [6.07, 6.45) is 1.69. The largest absolute Gasteiger partial charge is 0.350 e. The lowest BCUT2D eigenvalue weighted by Crippen LogP contribution is -2.37. The van der Waals surface area contributed by atoms with Crippen LogP contribution in [-0.2, 0) is 25.4 Å². The Morgan fingerprint density at radius 1 is 1.15 bits per heavy atom. The van der Waals surface area contributed by atoms with E-state index in [1.165, 1.54) is 17.9 Å². The van der Waals surface area contributed by atoms with Gasteiger partial charge in [-0.25, -0.2) is 9.78 Å². The van der Waals surface area contributed by atoms with E-state index in [1.807, 2.05) is 37.3 Å². The van der Waals surface area contributed by atoms with Gasteiger partial charge in [-0.05, 0) is 12.5 Å². The molecule has 136 valence electrons. The van der Waals surface area contributed by atoms with Gasteiger partial charge in [0.1, 0.15) is 0 Å². The van der Waals surface area contributed by atoms with Crippen LogP contribution in [0.5, 0.6) is 0 Å². The summed E-state index contributed by atoms with van der Waals surface area (Å²) in [5.74, 6) is -0.121. The first-order valence-electron chi connectivity index (χ1n) is 8.35. The molecule has 0 aliphatic carbocycles. The molecule has 0 saturated heterocycles. The molecule has 0 spiro atoms. The van der Waals surface area contributed by atoms with E-state index in [0.717, 1.165) is 10.1 Å². The number of hydrogen-bond donors (Lipinski definition) is 1. The Labute approximate surface area is 149 Å². The van der Waals surface area contributed by atoms with Crippen LogP contribution in [0.15, 0.2) is 46.2 Å². The molecule has 0 saturated carbocycles. The number of carbonyl (C=O) groups excluding carboxylic acids is 1. The van der Waals surface area contributed by atoms with Gasteiger partial charge >= 0.3 is 5.69 Å². The lowest BCUT2D eigenvalue weighted by molar-refractivity contribution is -0.121. The summed E-state index contributed by atoms with van der Waals surface area (Å²) >= 11 is 0. The monoisotopic (exact) mass is 355 g/mol. The van der Waals surface area contributed by atoms with Crippen LogP contribution >= 0.6 is 0 Å². The molecule has 3 rings (SSSR count). The summed E-state index contributed by atoms with van der Waals surface area (Å²) in [6, 6.07) is 9.59. The molecule has 8 heteroatoms. The fourth-order valence-electron chi connectivity index (χ4n) is 2.93. The molecule has 1 unspecified atom stereocenters. The van der Waals surface area contributed by atoms with E-state index < -0.39 is 11.2 Å². The van der Waals surface area contributed by atoms with Crippen LogP contribution in [0.3, 0.4) is 0 Å². The number of benzene rings is 1. The van der Waals surface area contributed by atoms with Gasteiger partial charge in [-0.3, -0.25) is 18.7 Å². The molecule has 1 amide bonds. The molecule has 8 nitrogen and oxygen atoms in total. The van der Waals surface area contributed by atoms with Crippen molar-refractivity contribution in [2.75, 3.05) is 0 Å². The Hall–Kier alpha value is -3.16. The number of imidazole rings is 1. The Kier molecular flexibility index (Phi) is 4.75.